The van der Waals surface area contributed by atoms with E-state index in [1.807, 2.05) is 11.5 Å². The van der Waals surface area contributed by atoms with Crippen LogP contribution in [0, 0.1) is 5.92 Å². The van der Waals surface area contributed by atoms with Crippen molar-refractivity contribution in [2.24, 2.45) is 5.92 Å². The summed E-state index contributed by atoms with van der Waals surface area (Å²) in [5, 5.41) is 0. The van der Waals surface area contributed by atoms with Crippen LogP contribution in [0.3, 0.4) is 0 Å². The zero-order valence-corrected chi connectivity index (χ0v) is 11.4. The Morgan fingerprint density at radius 3 is 2.71 bits per heavy atom. The Morgan fingerprint density at radius 1 is 1.35 bits per heavy atom. The second-order valence-electron chi connectivity index (χ2n) is 5.08. The van der Waals surface area contributed by atoms with Crippen molar-refractivity contribution >= 4 is 11.8 Å². The molecule has 1 aliphatic rings. The van der Waals surface area contributed by atoms with Crippen molar-refractivity contribution in [1.29, 1.82) is 0 Å². The monoisotopic (exact) mass is 252 g/mol. The molecule has 2 rings (SSSR count). The van der Waals surface area contributed by atoms with Gasteiger partial charge < -0.3 is 0 Å². The van der Waals surface area contributed by atoms with Gasteiger partial charge in [0.25, 0.3) is 0 Å². The summed E-state index contributed by atoms with van der Waals surface area (Å²) in [6, 6.07) is 11.1. The van der Waals surface area contributed by atoms with Gasteiger partial charge in [0.2, 0.25) is 0 Å². The van der Waals surface area contributed by atoms with Gasteiger partial charge in [-0.3, -0.25) is 4.90 Å². The van der Waals surface area contributed by atoms with Crippen LogP contribution < -0.4 is 0 Å². The number of nitrogens with zero attached hydrogens (tertiary/aromatic N) is 2. The second kappa shape index (κ2) is 5.85. The largest absolute Gasteiger partial charge is 0.297 e. The quantitative estimate of drug-likeness (QED) is 0.764. The molecule has 1 aliphatic heterocycles. The maximum atomic E-state index is 6.13. The van der Waals surface area contributed by atoms with E-state index < -0.39 is 0 Å². The van der Waals surface area contributed by atoms with Gasteiger partial charge in [-0.2, -0.15) is 0 Å². The van der Waals surface area contributed by atoms with Crippen LogP contribution >= 0.6 is 11.8 Å². The van der Waals surface area contributed by atoms with Crippen molar-refractivity contribution in [2.75, 3.05) is 20.1 Å². The molecule has 1 heterocycles. The molecule has 3 heteroatoms. The van der Waals surface area contributed by atoms with Gasteiger partial charge in [0.15, 0.2) is 0 Å². The Hall–Kier alpha value is -0.570. The summed E-state index contributed by atoms with van der Waals surface area (Å²) < 4.78 is 1.85. The maximum Gasteiger partial charge on any atom is 0.0401 e. The Labute approximate surface area is 109 Å². The predicted octanol–water partition coefficient (Wildman–Crippen LogP) is 2.98. The molecular formula is C14H21ClN2. The lowest BCUT2D eigenvalue weighted by molar-refractivity contribution is 0.112. The molecule has 2 nitrogen and oxygen atoms in total. The zero-order chi connectivity index (χ0) is 12.3. The number of rotatable bonds is 3. The van der Waals surface area contributed by atoms with E-state index in [2.05, 4.69) is 42.2 Å². The summed E-state index contributed by atoms with van der Waals surface area (Å²) in [5.41, 5.74) is 1.39. The van der Waals surface area contributed by atoms with Crippen molar-refractivity contribution in [1.82, 2.24) is 9.32 Å². The number of likely N-dealkylation sites (N-methyl/N-ethyl adjacent to an activating group) is 1. The summed E-state index contributed by atoms with van der Waals surface area (Å²) in [5.74, 6) is 0.685. The highest BCUT2D eigenvalue weighted by Gasteiger charge is 2.28. The number of hydrogen-bond donors (Lipinski definition) is 0. The van der Waals surface area contributed by atoms with Crippen LogP contribution in [0.1, 0.15) is 18.9 Å². The molecule has 1 aromatic carbocycles. The Morgan fingerprint density at radius 2 is 2.06 bits per heavy atom. The fourth-order valence-electron chi connectivity index (χ4n) is 2.56. The van der Waals surface area contributed by atoms with Crippen LogP contribution in [0.15, 0.2) is 30.3 Å². The highest BCUT2D eigenvalue weighted by Crippen LogP contribution is 2.23. The van der Waals surface area contributed by atoms with Crippen LogP contribution in [-0.2, 0) is 6.54 Å². The minimum absolute atomic E-state index is 0.467. The maximum absolute atomic E-state index is 6.13. The van der Waals surface area contributed by atoms with Gasteiger partial charge in [0.1, 0.15) is 0 Å². The van der Waals surface area contributed by atoms with Gasteiger partial charge in [-0.05, 0) is 36.2 Å². The van der Waals surface area contributed by atoms with Gasteiger partial charge in [0, 0.05) is 26.2 Å². The van der Waals surface area contributed by atoms with Crippen molar-refractivity contribution in [3.63, 3.8) is 0 Å². The van der Waals surface area contributed by atoms with Gasteiger partial charge in [-0.1, -0.05) is 37.3 Å². The minimum Gasteiger partial charge on any atom is -0.297 e. The van der Waals surface area contributed by atoms with E-state index in [-0.39, 0.29) is 0 Å². The van der Waals surface area contributed by atoms with Gasteiger partial charge in [0.05, 0.1) is 0 Å². The van der Waals surface area contributed by atoms with E-state index in [9.17, 15) is 0 Å². The Balaban J connectivity index is 1.95. The molecule has 0 aliphatic carbocycles. The van der Waals surface area contributed by atoms with Gasteiger partial charge in [-0.25, -0.2) is 4.42 Å². The number of benzene rings is 1. The second-order valence-corrected chi connectivity index (χ2v) is 5.61. The van der Waals surface area contributed by atoms with E-state index in [1.165, 1.54) is 18.5 Å². The average Bonchev–Trinajstić information content (AvgIpc) is 2.32. The van der Waals surface area contributed by atoms with E-state index in [0.717, 1.165) is 13.1 Å². The third kappa shape index (κ3) is 3.44. The van der Waals surface area contributed by atoms with Gasteiger partial charge in [-0.15, -0.1) is 0 Å². The van der Waals surface area contributed by atoms with E-state index in [0.29, 0.717) is 12.0 Å². The summed E-state index contributed by atoms with van der Waals surface area (Å²) in [6.07, 6.45) is 1.23. The molecule has 0 amide bonds. The minimum atomic E-state index is 0.467. The highest BCUT2D eigenvalue weighted by atomic mass is 35.5. The number of halogens is 1. The lowest BCUT2D eigenvalue weighted by Crippen LogP contribution is -2.47. The van der Waals surface area contributed by atoms with E-state index in [4.69, 9.17) is 11.8 Å². The van der Waals surface area contributed by atoms with Crippen LogP contribution in [0.4, 0.5) is 0 Å². The molecule has 0 spiro atoms. The van der Waals surface area contributed by atoms with Crippen molar-refractivity contribution in [2.45, 2.75) is 25.9 Å². The SMILES string of the molecule is CC1CCN(Cc2ccccc2)CC1N(C)Cl. The van der Waals surface area contributed by atoms with Crippen LogP contribution in [-0.4, -0.2) is 35.5 Å². The fraction of sp³-hybridized carbons (Fsp3) is 0.571. The first-order valence-corrected chi connectivity index (χ1v) is 6.65. The van der Waals surface area contributed by atoms with Crippen LogP contribution in [0.2, 0.25) is 0 Å². The molecule has 94 valence electrons. The lowest BCUT2D eigenvalue weighted by atomic mass is 9.93. The van der Waals surface area contributed by atoms with Gasteiger partial charge >= 0.3 is 0 Å². The number of likely N-dealkylation sites (tertiary alicyclic amines) is 1. The number of piperidine rings is 1. The topological polar surface area (TPSA) is 6.48 Å². The molecular weight excluding hydrogens is 232 g/mol. The zero-order valence-electron chi connectivity index (χ0n) is 10.6. The molecule has 1 aromatic rings. The van der Waals surface area contributed by atoms with Crippen molar-refractivity contribution in [3.8, 4) is 0 Å². The standard InChI is InChI=1S/C14H21ClN2/c1-12-8-9-17(11-14(12)16(2)15)10-13-6-4-3-5-7-13/h3-7,12,14H,8-11H2,1-2H3. The van der Waals surface area contributed by atoms with E-state index >= 15 is 0 Å². The molecule has 0 saturated carbocycles. The molecule has 0 aromatic heterocycles. The van der Waals surface area contributed by atoms with Crippen molar-refractivity contribution < 1.29 is 0 Å². The van der Waals surface area contributed by atoms with Crippen LogP contribution in [0.25, 0.3) is 0 Å². The first-order valence-electron chi connectivity index (χ1n) is 6.31. The van der Waals surface area contributed by atoms with Crippen molar-refractivity contribution in [3.05, 3.63) is 35.9 Å². The molecule has 0 N–H and O–H groups in total. The first kappa shape index (κ1) is 12.9. The molecule has 2 unspecified atom stereocenters. The summed E-state index contributed by atoms with van der Waals surface area (Å²) in [7, 11) is 1.97. The smallest absolute Gasteiger partial charge is 0.0401 e. The van der Waals surface area contributed by atoms with E-state index in [1.54, 1.807) is 0 Å². The molecule has 2 atom stereocenters. The lowest BCUT2D eigenvalue weighted by Gasteiger charge is -2.39. The average molecular weight is 253 g/mol. The summed E-state index contributed by atoms with van der Waals surface area (Å²) in [6.45, 7) is 5.57. The third-order valence-corrected chi connectivity index (χ3v) is 3.96. The molecule has 17 heavy (non-hydrogen) atoms. The molecule has 1 saturated heterocycles. The predicted molar refractivity (Wildman–Crippen MR) is 72.9 cm³/mol. The Bertz CT molecular complexity index is 339. The number of hydrogen-bond acceptors (Lipinski definition) is 2. The van der Waals surface area contributed by atoms with Crippen LogP contribution in [0.5, 0.6) is 0 Å². The first-order chi connectivity index (χ1) is 8.16. The third-order valence-electron chi connectivity index (χ3n) is 3.71. The molecule has 0 bridgehead atoms. The Kier molecular flexibility index (Phi) is 4.43. The molecule has 0 radical (unpaired) electrons. The molecule has 1 fully saturated rings. The summed E-state index contributed by atoms with van der Waals surface area (Å²) >= 11 is 6.13. The normalized spacial score (nSPS) is 26.4. The highest BCUT2D eigenvalue weighted by molar-refractivity contribution is 6.13. The summed E-state index contributed by atoms with van der Waals surface area (Å²) in [4.78, 5) is 2.50. The fourth-order valence-corrected chi connectivity index (χ4v) is 2.82.